The molecule has 0 saturated carbocycles. The van der Waals surface area contributed by atoms with Gasteiger partial charge in [0.15, 0.2) is 0 Å². The molecule has 3 nitrogen and oxygen atoms in total. The largest absolute Gasteiger partial charge is 0.489 e. The molecule has 0 aliphatic rings. The fraction of sp³-hybridized carbons (Fsp3) is 0.400. The molecule has 104 valence electrons. The minimum atomic E-state index is -0.110. The molecular formula is C15H20ClNO2. The minimum absolute atomic E-state index is 0.0151. The monoisotopic (exact) mass is 281 g/mol. The third kappa shape index (κ3) is 4.28. The third-order valence-electron chi connectivity index (χ3n) is 2.57. The van der Waals surface area contributed by atoms with E-state index in [2.05, 4.69) is 6.58 Å². The van der Waals surface area contributed by atoms with E-state index in [0.29, 0.717) is 22.9 Å². The Bertz CT molecular complexity index is 457. The summed E-state index contributed by atoms with van der Waals surface area (Å²) in [4.78, 5) is 13.9. The van der Waals surface area contributed by atoms with Crippen LogP contribution < -0.4 is 4.74 Å². The van der Waals surface area contributed by atoms with Gasteiger partial charge in [0.25, 0.3) is 5.91 Å². The van der Waals surface area contributed by atoms with Crippen molar-refractivity contribution in [3.05, 3.63) is 41.4 Å². The average Bonchev–Trinajstić information content (AvgIpc) is 2.37. The highest BCUT2D eigenvalue weighted by Crippen LogP contribution is 2.29. The molecule has 0 radical (unpaired) electrons. The first-order valence-electron chi connectivity index (χ1n) is 6.29. The average molecular weight is 282 g/mol. The summed E-state index contributed by atoms with van der Waals surface area (Å²) in [5, 5.41) is 0.367. The molecule has 0 spiro atoms. The van der Waals surface area contributed by atoms with Crippen LogP contribution in [-0.2, 0) is 0 Å². The number of ether oxygens (including phenoxy) is 1. The number of halogens is 1. The number of carbonyl (C=O) groups is 1. The Morgan fingerprint density at radius 3 is 2.79 bits per heavy atom. The predicted molar refractivity (Wildman–Crippen MR) is 79.0 cm³/mol. The van der Waals surface area contributed by atoms with Crippen LogP contribution >= 0.6 is 11.6 Å². The van der Waals surface area contributed by atoms with E-state index in [-0.39, 0.29) is 12.0 Å². The SMILES string of the molecule is C=CCCN(C)C(=O)c1cccc(OC(C)C)c1Cl. The summed E-state index contributed by atoms with van der Waals surface area (Å²) in [5.74, 6) is 0.431. The smallest absolute Gasteiger partial charge is 0.255 e. The summed E-state index contributed by atoms with van der Waals surface area (Å²) in [5.41, 5.74) is 0.464. The molecule has 1 aromatic rings. The van der Waals surface area contributed by atoms with Crippen LogP contribution in [0.4, 0.5) is 0 Å². The van der Waals surface area contributed by atoms with Crippen molar-refractivity contribution in [1.29, 1.82) is 0 Å². The molecule has 4 heteroatoms. The molecular weight excluding hydrogens is 262 g/mol. The molecule has 0 saturated heterocycles. The number of amides is 1. The number of hydrogen-bond donors (Lipinski definition) is 0. The van der Waals surface area contributed by atoms with Gasteiger partial charge in [-0.2, -0.15) is 0 Å². The molecule has 0 heterocycles. The molecule has 0 aromatic heterocycles. The van der Waals surface area contributed by atoms with Crippen LogP contribution in [0, 0.1) is 0 Å². The Balaban J connectivity index is 2.94. The van der Waals surface area contributed by atoms with Crippen molar-refractivity contribution in [2.75, 3.05) is 13.6 Å². The van der Waals surface area contributed by atoms with Gasteiger partial charge in [0, 0.05) is 13.6 Å². The fourth-order valence-corrected chi connectivity index (χ4v) is 1.86. The van der Waals surface area contributed by atoms with Crippen molar-refractivity contribution >= 4 is 17.5 Å². The lowest BCUT2D eigenvalue weighted by Gasteiger charge is -2.18. The lowest BCUT2D eigenvalue weighted by molar-refractivity contribution is 0.0797. The first-order chi connectivity index (χ1) is 8.97. The van der Waals surface area contributed by atoms with Crippen molar-refractivity contribution < 1.29 is 9.53 Å². The van der Waals surface area contributed by atoms with Gasteiger partial charge in [0.2, 0.25) is 0 Å². The Morgan fingerprint density at radius 2 is 2.21 bits per heavy atom. The van der Waals surface area contributed by atoms with Gasteiger partial charge in [-0.1, -0.05) is 23.7 Å². The normalized spacial score (nSPS) is 10.4. The number of benzene rings is 1. The molecule has 0 bridgehead atoms. The molecule has 0 N–H and O–H groups in total. The highest BCUT2D eigenvalue weighted by Gasteiger charge is 2.17. The topological polar surface area (TPSA) is 29.5 Å². The lowest BCUT2D eigenvalue weighted by atomic mass is 10.2. The number of hydrogen-bond acceptors (Lipinski definition) is 2. The zero-order valence-electron chi connectivity index (χ0n) is 11.6. The van der Waals surface area contributed by atoms with Crippen molar-refractivity contribution in [3.8, 4) is 5.75 Å². The first-order valence-corrected chi connectivity index (χ1v) is 6.66. The van der Waals surface area contributed by atoms with Crippen LogP contribution in [0.1, 0.15) is 30.6 Å². The van der Waals surface area contributed by atoms with Gasteiger partial charge in [0.1, 0.15) is 5.75 Å². The van der Waals surface area contributed by atoms with Gasteiger partial charge in [-0.05, 0) is 32.4 Å². The van der Waals surface area contributed by atoms with Crippen molar-refractivity contribution in [3.63, 3.8) is 0 Å². The van der Waals surface area contributed by atoms with Crippen LogP contribution in [0.2, 0.25) is 5.02 Å². The van der Waals surface area contributed by atoms with E-state index < -0.39 is 0 Å². The summed E-state index contributed by atoms with van der Waals surface area (Å²) < 4.78 is 5.58. The maximum Gasteiger partial charge on any atom is 0.255 e. The standard InChI is InChI=1S/C15H20ClNO2/c1-5-6-10-17(4)15(18)12-8-7-9-13(14(12)16)19-11(2)3/h5,7-9,11H,1,6,10H2,2-4H3. The summed E-state index contributed by atoms with van der Waals surface area (Å²) >= 11 is 6.23. The second-order valence-electron chi connectivity index (χ2n) is 4.59. The van der Waals surface area contributed by atoms with Crippen LogP contribution in [0.15, 0.2) is 30.9 Å². The molecule has 0 atom stereocenters. The third-order valence-corrected chi connectivity index (χ3v) is 2.96. The highest BCUT2D eigenvalue weighted by atomic mass is 35.5. The van der Waals surface area contributed by atoms with Gasteiger partial charge in [-0.15, -0.1) is 6.58 Å². The zero-order chi connectivity index (χ0) is 14.4. The second kappa shape index (κ2) is 7.19. The lowest BCUT2D eigenvalue weighted by Crippen LogP contribution is -2.27. The zero-order valence-corrected chi connectivity index (χ0v) is 12.4. The van der Waals surface area contributed by atoms with Gasteiger partial charge in [-0.25, -0.2) is 0 Å². The maximum atomic E-state index is 12.3. The summed E-state index contributed by atoms with van der Waals surface area (Å²) in [6.45, 7) is 8.10. The summed E-state index contributed by atoms with van der Waals surface area (Å²) in [6, 6.07) is 5.25. The van der Waals surface area contributed by atoms with Crippen LogP contribution in [0.5, 0.6) is 5.75 Å². The Morgan fingerprint density at radius 1 is 1.53 bits per heavy atom. The number of nitrogens with zero attached hydrogens (tertiary/aromatic N) is 1. The van der Waals surface area contributed by atoms with E-state index in [4.69, 9.17) is 16.3 Å². The highest BCUT2D eigenvalue weighted by molar-refractivity contribution is 6.35. The Labute approximate surface area is 119 Å². The van der Waals surface area contributed by atoms with Crippen molar-refractivity contribution in [1.82, 2.24) is 4.90 Å². The Kier molecular flexibility index (Phi) is 5.90. The van der Waals surface area contributed by atoms with E-state index in [1.807, 2.05) is 13.8 Å². The quantitative estimate of drug-likeness (QED) is 0.743. The van der Waals surface area contributed by atoms with Crippen molar-refractivity contribution in [2.24, 2.45) is 0 Å². The second-order valence-corrected chi connectivity index (χ2v) is 4.97. The van der Waals surface area contributed by atoms with E-state index >= 15 is 0 Å². The van der Waals surface area contributed by atoms with Gasteiger partial charge < -0.3 is 9.64 Å². The van der Waals surface area contributed by atoms with Gasteiger partial charge in [0.05, 0.1) is 16.7 Å². The van der Waals surface area contributed by atoms with Crippen LogP contribution in [-0.4, -0.2) is 30.5 Å². The van der Waals surface area contributed by atoms with Crippen molar-refractivity contribution in [2.45, 2.75) is 26.4 Å². The van der Waals surface area contributed by atoms with Gasteiger partial charge >= 0.3 is 0 Å². The van der Waals surface area contributed by atoms with E-state index in [1.54, 1.807) is 36.2 Å². The number of carbonyl (C=O) groups excluding carboxylic acids is 1. The molecule has 1 amide bonds. The maximum absolute atomic E-state index is 12.3. The molecule has 0 unspecified atom stereocenters. The van der Waals surface area contributed by atoms with E-state index in [0.717, 1.165) is 6.42 Å². The van der Waals surface area contributed by atoms with Gasteiger partial charge in [-0.3, -0.25) is 4.79 Å². The molecule has 0 fully saturated rings. The molecule has 19 heavy (non-hydrogen) atoms. The summed E-state index contributed by atoms with van der Waals surface area (Å²) in [7, 11) is 1.75. The van der Waals surface area contributed by atoms with E-state index in [9.17, 15) is 4.79 Å². The fourth-order valence-electron chi connectivity index (χ4n) is 1.61. The molecule has 1 rings (SSSR count). The molecule has 0 aliphatic heterocycles. The molecule has 1 aromatic carbocycles. The Hall–Kier alpha value is -1.48. The predicted octanol–water partition coefficient (Wildman–Crippen LogP) is 3.78. The minimum Gasteiger partial charge on any atom is -0.489 e. The summed E-state index contributed by atoms with van der Waals surface area (Å²) in [6.07, 6.45) is 2.55. The van der Waals surface area contributed by atoms with Crippen LogP contribution in [0.3, 0.4) is 0 Å². The first kappa shape index (κ1) is 15.6. The van der Waals surface area contributed by atoms with Crippen LogP contribution in [0.25, 0.3) is 0 Å². The molecule has 0 aliphatic carbocycles. The number of rotatable bonds is 6. The van der Waals surface area contributed by atoms with E-state index in [1.165, 1.54) is 0 Å².